The summed E-state index contributed by atoms with van der Waals surface area (Å²) in [5.74, 6) is 0.263. The summed E-state index contributed by atoms with van der Waals surface area (Å²) in [4.78, 5) is 16.4. The number of halogens is 2. The molecule has 0 atom stereocenters. The fourth-order valence-electron chi connectivity index (χ4n) is 5.01. The van der Waals surface area contributed by atoms with Crippen molar-refractivity contribution >= 4 is 38.9 Å². The van der Waals surface area contributed by atoms with Gasteiger partial charge in [0.25, 0.3) is 5.91 Å². The lowest BCUT2D eigenvalue weighted by atomic mass is 9.86. The van der Waals surface area contributed by atoms with Crippen molar-refractivity contribution in [2.45, 2.75) is 52.1 Å². The summed E-state index contributed by atoms with van der Waals surface area (Å²) >= 11 is 8.12. The lowest BCUT2D eigenvalue weighted by Gasteiger charge is -2.36. The molecule has 0 radical (unpaired) electrons. The van der Waals surface area contributed by atoms with Crippen LogP contribution in [0.3, 0.4) is 0 Å². The Kier molecular flexibility index (Phi) is 6.95. The molecule has 1 fully saturated rings. The zero-order valence-electron chi connectivity index (χ0n) is 20.1. The minimum absolute atomic E-state index is 0.0717. The van der Waals surface area contributed by atoms with Crippen molar-refractivity contribution in [2.24, 2.45) is 5.92 Å². The summed E-state index contributed by atoms with van der Waals surface area (Å²) in [7, 11) is 0. The van der Waals surface area contributed by atoms with Crippen molar-refractivity contribution in [3.63, 3.8) is 0 Å². The summed E-state index contributed by atoms with van der Waals surface area (Å²) in [6, 6.07) is 21.3. The van der Waals surface area contributed by atoms with Crippen LogP contribution in [0.2, 0.25) is 5.02 Å². The van der Waals surface area contributed by atoms with Crippen LogP contribution in [0.15, 0.2) is 66.7 Å². The van der Waals surface area contributed by atoms with Crippen LogP contribution < -0.4 is 0 Å². The molecule has 35 heavy (non-hydrogen) atoms. The first kappa shape index (κ1) is 24.0. The molecule has 1 aliphatic carbocycles. The third kappa shape index (κ3) is 5.00. The van der Waals surface area contributed by atoms with Crippen LogP contribution in [0.5, 0.6) is 0 Å². The van der Waals surface area contributed by atoms with Gasteiger partial charge >= 0.3 is 0 Å². The molecule has 4 aromatic rings. The lowest BCUT2D eigenvalue weighted by molar-refractivity contribution is 0.0596. The van der Waals surface area contributed by atoms with E-state index in [-0.39, 0.29) is 24.3 Å². The van der Waals surface area contributed by atoms with Gasteiger partial charge in [0.2, 0.25) is 0 Å². The topological polar surface area (TPSA) is 20.3 Å². The molecule has 0 saturated heterocycles. The Hall–Kier alpha value is -2.69. The SMILES string of the molecule is Cc1ccc(-c2ccc(F)c(CN(C(=O)c3sc4ccccc4c3Cl)C3CCC(C)CC3)c2)cc1. The molecule has 180 valence electrons. The van der Waals surface area contributed by atoms with E-state index in [1.807, 2.05) is 42.2 Å². The number of rotatable bonds is 5. The molecule has 1 amide bonds. The molecular formula is C30H29ClFNOS. The van der Waals surface area contributed by atoms with Gasteiger partial charge in [-0.2, -0.15) is 0 Å². The molecule has 1 aliphatic rings. The monoisotopic (exact) mass is 505 g/mol. The highest BCUT2D eigenvalue weighted by atomic mass is 35.5. The van der Waals surface area contributed by atoms with Crippen LogP contribution in [-0.2, 0) is 6.54 Å². The Bertz CT molecular complexity index is 1350. The summed E-state index contributed by atoms with van der Waals surface area (Å²) in [5.41, 5.74) is 3.70. The van der Waals surface area contributed by atoms with E-state index < -0.39 is 0 Å². The molecule has 3 aromatic carbocycles. The van der Waals surface area contributed by atoms with E-state index in [0.717, 1.165) is 46.9 Å². The molecule has 0 aliphatic heterocycles. The first-order valence-electron chi connectivity index (χ1n) is 12.2. The highest BCUT2D eigenvalue weighted by molar-refractivity contribution is 7.21. The van der Waals surface area contributed by atoms with E-state index in [1.54, 1.807) is 6.07 Å². The van der Waals surface area contributed by atoms with E-state index in [2.05, 4.69) is 31.2 Å². The number of fused-ring (bicyclic) bond motifs is 1. The second kappa shape index (κ2) is 10.1. The zero-order chi connectivity index (χ0) is 24.5. The number of hydrogen-bond donors (Lipinski definition) is 0. The maximum Gasteiger partial charge on any atom is 0.266 e. The van der Waals surface area contributed by atoms with Crippen molar-refractivity contribution in [3.8, 4) is 11.1 Å². The predicted octanol–water partition coefficient (Wildman–Crippen LogP) is 8.89. The smallest absolute Gasteiger partial charge is 0.266 e. The van der Waals surface area contributed by atoms with Crippen LogP contribution in [0.25, 0.3) is 21.2 Å². The number of amides is 1. The van der Waals surface area contributed by atoms with E-state index in [9.17, 15) is 4.79 Å². The van der Waals surface area contributed by atoms with Gasteiger partial charge in [0.05, 0.1) is 5.02 Å². The number of carbonyl (C=O) groups is 1. The van der Waals surface area contributed by atoms with Gasteiger partial charge in [0.1, 0.15) is 10.7 Å². The van der Waals surface area contributed by atoms with Gasteiger partial charge in [0.15, 0.2) is 0 Å². The van der Waals surface area contributed by atoms with Gasteiger partial charge in [-0.3, -0.25) is 4.79 Å². The lowest BCUT2D eigenvalue weighted by Crippen LogP contribution is -2.41. The fraction of sp³-hybridized carbons (Fsp3) is 0.300. The van der Waals surface area contributed by atoms with Crippen LogP contribution >= 0.6 is 22.9 Å². The molecule has 0 unspecified atom stereocenters. The minimum atomic E-state index is -0.287. The van der Waals surface area contributed by atoms with Gasteiger partial charge in [-0.15, -0.1) is 11.3 Å². The Morgan fingerprint density at radius 1 is 1.00 bits per heavy atom. The second-order valence-electron chi connectivity index (χ2n) is 9.76. The largest absolute Gasteiger partial charge is 0.330 e. The molecule has 0 spiro atoms. The fourth-order valence-corrected chi connectivity index (χ4v) is 6.48. The number of benzene rings is 3. The van der Waals surface area contributed by atoms with Crippen molar-refractivity contribution in [1.29, 1.82) is 0 Å². The Labute approximate surface area is 215 Å². The summed E-state index contributed by atoms with van der Waals surface area (Å²) in [6.45, 7) is 4.54. The van der Waals surface area contributed by atoms with E-state index in [0.29, 0.717) is 21.4 Å². The van der Waals surface area contributed by atoms with Crippen molar-refractivity contribution in [3.05, 3.63) is 93.6 Å². The molecule has 1 heterocycles. The van der Waals surface area contributed by atoms with Crippen LogP contribution in [-0.4, -0.2) is 16.8 Å². The number of carbonyl (C=O) groups excluding carboxylic acids is 1. The predicted molar refractivity (Wildman–Crippen MR) is 145 cm³/mol. The first-order chi connectivity index (χ1) is 16.9. The van der Waals surface area contributed by atoms with Crippen molar-refractivity contribution < 1.29 is 9.18 Å². The molecule has 2 nitrogen and oxygen atoms in total. The molecule has 0 bridgehead atoms. The second-order valence-corrected chi connectivity index (χ2v) is 11.2. The summed E-state index contributed by atoms with van der Waals surface area (Å²) in [6.07, 6.45) is 3.99. The van der Waals surface area contributed by atoms with Gasteiger partial charge < -0.3 is 4.90 Å². The summed E-state index contributed by atoms with van der Waals surface area (Å²) < 4.78 is 16.1. The first-order valence-corrected chi connectivity index (χ1v) is 13.4. The highest BCUT2D eigenvalue weighted by Gasteiger charge is 2.31. The molecule has 5 heteroatoms. The maximum atomic E-state index is 15.1. The van der Waals surface area contributed by atoms with E-state index >= 15 is 4.39 Å². The normalized spacial score (nSPS) is 18.1. The highest BCUT2D eigenvalue weighted by Crippen LogP contribution is 2.38. The van der Waals surface area contributed by atoms with Gasteiger partial charge in [-0.1, -0.05) is 72.6 Å². The van der Waals surface area contributed by atoms with Gasteiger partial charge in [-0.25, -0.2) is 4.39 Å². The third-order valence-corrected chi connectivity index (χ3v) is 8.85. The van der Waals surface area contributed by atoms with Crippen LogP contribution in [0, 0.1) is 18.7 Å². The summed E-state index contributed by atoms with van der Waals surface area (Å²) in [5, 5.41) is 1.39. The van der Waals surface area contributed by atoms with E-state index in [4.69, 9.17) is 11.6 Å². The molecule has 5 rings (SSSR count). The number of hydrogen-bond acceptors (Lipinski definition) is 2. The minimum Gasteiger partial charge on any atom is -0.330 e. The average Bonchev–Trinajstić information content (AvgIpc) is 3.21. The molecule has 1 saturated carbocycles. The molecular weight excluding hydrogens is 477 g/mol. The maximum absolute atomic E-state index is 15.1. The Balaban J connectivity index is 1.51. The average molecular weight is 506 g/mol. The van der Waals surface area contributed by atoms with Gasteiger partial charge in [0, 0.05) is 28.2 Å². The number of nitrogens with zero attached hydrogens (tertiary/aromatic N) is 1. The van der Waals surface area contributed by atoms with Crippen LogP contribution in [0.1, 0.15) is 53.4 Å². The van der Waals surface area contributed by atoms with E-state index in [1.165, 1.54) is 23.0 Å². The Morgan fingerprint density at radius 3 is 2.40 bits per heavy atom. The van der Waals surface area contributed by atoms with Crippen molar-refractivity contribution in [1.82, 2.24) is 4.90 Å². The van der Waals surface area contributed by atoms with Crippen LogP contribution in [0.4, 0.5) is 4.39 Å². The Morgan fingerprint density at radius 2 is 1.69 bits per heavy atom. The zero-order valence-corrected chi connectivity index (χ0v) is 21.6. The quantitative estimate of drug-likeness (QED) is 0.265. The molecule has 0 N–H and O–H groups in total. The van der Waals surface area contributed by atoms with Crippen molar-refractivity contribution in [2.75, 3.05) is 0 Å². The standard InChI is InChI=1S/C30H29ClFNOS/c1-19-7-11-21(12-8-19)22-13-16-26(32)23(17-22)18-33(24-14-9-20(2)10-15-24)30(34)29-28(31)25-5-3-4-6-27(25)35-29/h3-8,11-13,16-17,20,24H,9-10,14-15,18H2,1-2H3. The number of thiophene rings is 1. The third-order valence-electron chi connectivity index (χ3n) is 7.19. The number of aryl methyl sites for hydroxylation is 1. The van der Waals surface area contributed by atoms with Gasteiger partial charge in [-0.05, 0) is 67.9 Å². The molecule has 1 aromatic heterocycles.